The fourth-order valence-electron chi connectivity index (χ4n) is 4.69. The van der Waals surface area contributed by atoms with Gasteiger partial charge in [0.05, 0.1) is 12.1 Å². The van der Waals surface area contributed by atoms with Crippen molar-refractivity contribution < 1.29 is 9.90 Å². The van der Waals surface area contributed by atoms with Crippen LogP contribution in [0.25, 0.3) is 33.6 Å². The van der Waals surface area contributed by atoms with Gasteiger partial charge in [-0.1, -0.05) is 115 Å². The van der Waals surface area contributed by atoms with Crippen LogP contribution in [0.15, 0.2) is 115 Å². The molecule has 4 aromatic carbocycles. The summed E-state index contributed by atoms with van der Waals surface area (Å²) in [5.41, 5.74) is 8.57. The Kier molecular flexibility index (Phi) is 7.04. The lowest BCUT2D eigenvalue weighted by atomic mass is 9.96. The second-order valence-electron chi connectivity index (χ2n) is 8.89. The Morgan fingerprint density at radius 3 is 1.92 bits per heavy atom. The summed E-state index contributed by atoms with van der Waals surface area (Å²) in [4.78, 5) is 11.1. The van der Waals surface area contributed by atoms with Gasteiger partial charge in [0, 0.05) is 23.2 Å². The van der Waals surface area contributed by atoms with E-state index in [1.165, 1.54) is 0 Å². The highest BCUT2D eigenvalue weighted by atomic mass is 16.4. The molecular formula is C32H28N2O2. The molecular weight excluding hydrogens is 444 g/mol. The molecule has 36 heavy (non-hydrogen) atoms. The number of aliphatic carboxylic acids is 1. The molecule has 0 fully saturated rings. The van der Waals surface area contributed by atoms with Crippen LogP contribution in [-0.2, 0) is 24.2 Å². The topological polar surface area (TPSA) is 55.1 Å². The number of hydrogen-bond acceptors (Lipinski definition) is 2. The molecule has 0 aliphatic heterocycles. The van der Waals surface area contributed by atoms with Gasteiger partial charge in [-0.3, -0.25) is 9.48 Å². The summed E-state index contributed by atoms with van der Waals surface area (Å²) in [5.74, 6) is -0.807. The van der Waals surface area contributed by atoms with Gasteiger partial charge in [-0.2, -0.15) is 5.10 Å². The van der Waals surface area contributed by atoms with E-state index in [1.807, 2.05) is 36.4 Å². The third-order valence-corrected chi connectivity index (χ3v) is 6.29. The second kappa shape index (κ2) is 10.9. The van der Waals surface area contributed by atoms with E-state index < -0.39 is 5.97 Å². The van der Waals surface area contributed by atoms with E-state index in [1.54, 1.807) is 0 Å². The number of carbonyl (C=O) groups is 1. The fraction of sp³-hybridized carbons (Fsp3) is 0.125. The highest BCUT2D eigenvalue weighted by molar-refractivity contribution is 5.91. The number of aromatic nitrogens is 2. The first-order valence-electron chi connectivity index (χ1n) is 12.3. The van der Waals surface area contributed by atoms with Gasteiger partial charge in [0.2, 0.25) is 0 Å². The summed E-state index contributed by atoms with van der Waals surface area (Å²) >= 11 is 0. The van der Waals surface area contributed by atoms with Crippen molar-refractivity contribution in [2.75, 3.05) is 0 Å². The maximum atomic E-state index is 11.1. The van der Waals surface area contributed by atoms with Crippen LogP contribution < -0.4 is 0 Å². The van der Waals surface area contributed by atoms with E-state index in [0.29, 0.717) is 0 Å². The largest absolute Gasteiger partial charge is 0.481 e. The molecule has 0 amide bonds. The third kappa shape index (κ3) is 5.28. The normalized spacial score (nSPS) is 10.9. The molecule has 5 rings (SSSR count). The van der Waals surface area contributed by atoms with E-state index in [4.69, 9.17) is 10.2 Å². The second-order valence-corrected chi connectivity index (χ2v) is 8.89. The van der Waals surface area contributed by atoms with E-state index in [9.17, 15) is 4.79 Å². The first kappa shape index (κ1) is 23.3. The molecule has 1 aromatic heterocycles. The zero-order chi connectivity index (χ0) is 24.7. The number of carboxylic acids is 1. The van der Waals surface area contributed by atoms with Crippen LogP contribution >= 0.6 is 0 Å². The molecule has 0 bridgehead atoms. The predicted molar refractivity (Wildman–Crippen MR) is 145 cm³/mol. The lowest BCUT2D eigenvalue weighted by molar-refractivity contribution is -0.136. The minimum Gasteiger partial charge on any atom is -0.481 e. The summed E-state index contributed by atoms with van der Waals surface area (Å²) < 4.78 is 2.14. The van der Waals surface area contributed by atoms with Crippen LogP contribution in [0.5, 0.6) is 0 Å². The van der Waals surface area contributed by atoms with E-state index >= 15 is 0 Å². The van der Waals surface area contributed by atoms with Gasteiger partial charge in [-0.25, -0.2) is 0 Å². The summed E-state index contributed by atoms with van der Waals surface area (Å²) in [6.07, 6.45) is 1.79. The molecule has 0 unspecified atom stereocenters. The molecule has 1 N–H and O–H groups in total. The van der Waals surface area contributed by atoms with Crippen LogP contribution in [0.1, 0.15) is 17.5 Å². The number of hydrogen-bond donors (Lipinski definition) is 1. The highest BCUT2D eigenvalue weighted by Gasteiger charge is 2.21. The van der Waals surface area contributed by atoms with Gasteiger partial charge >= 0.3 is 5.97 Å². The SMILES string of the molecule is O=C(O)Cc1cccc(CCCn2nc(-c3ccccc3)c(-c3ccccc3)c2-c2ccccc2)c1. The lowest BCUT2D eigenvalue weighted by Gasteiger charge is -2.11. The van der Waals surface area contributed by atoms with Crippen molar-refractivity contribution in [3.8, 4) is 33.6 Å². The molecule has 0 spiro atoms. The van der Waals surface area contributed by atoms with E-state index in [-0.39, 0.29) is 6.42 Å². The number of benzene rings is 4. The molecule has 1 heterocycles. The molecule has 0 radical (unpaired) electrons. The van der Waals surface area contributed by atoms with Gasteiger partial charge in [0.15, 0.2) is 0 Å². The zero-order valence-corrected chi connectivity index (χ0v) is 20.0. The Bertz CT molecular complexity index is 1440. The number of carboxylic acid groups (broad SMARTS) is 1. The number of rotatable bonds is 9. The lowest BCUT2D eigenvalue weighted by Crippen LogP contribution is -2.05. The summed E-state index contributed by atoms with van der Waals surface area (Å²) in [7, 11) is 0. The predicted octanol–water partition coefficient (Wildman–Crippen LogP) is 7.14. The Labute approximate surface area is 211 Å². The quantitative estimate of drug-likeness (QED) is 0.248. The smallest absolute Gasteiger partial charge is 0.307 e. The first-order chi connectivity index (χ1) is 17.7. The van der Waals surface area contributed by atoms with E-state index in [2.05, 4.69) is 83.5 Å². The van der Waals surface area contributed by atoms with Crippen molar-refractivity contribution in [2.45, 2.75) is 25.8 Å². The van der Waals surface area contributed by atoms with Crippen LogP contribution in [0.2, 0.25) is 0 Å². The molecule has 4 nitrogen and oxygen atoms in total. The van der Waals surface area contributed by atoms with Crippen LogP contribution in [-0.4, -0.2) is 20.9 Å². The Hall–Kier alpha value is -4.44. The monoisotopic (exact) mass is 472 g/mol. The van der Waals surface area contributed by atoms with Gasteiger partial charge in [0.25, 0.3) is 0 Å². The number of aryl methyl sites for hydroxylation is 2. The molecule has 0 aliphatic carbocycles. The van der Waals surface area contributed by atoms with Crippen molar-refractivity contribution in [3.63, 3.8) is 0 Å². The molecule has 0 saturated heterocycles. The van der Waals surface area contributed by atoms with Crippen LogP contribution in [0.4, 0.5) is 0 Å². The van der Waals surface area contributed by atoms with Crippen molar-refractivity contribution in [1.29, 1.82) is 0 Å². The standard InChI is InChI=1S/C32H28N2O2/c35-29(36)23-25-13-10-12-24(22-25)14-11-21-34-32(28-19-8-3-9-20-28)30(26-15-4-1-5-16-26)31(33-34)27-17-6-2-7-18-27/h1-10,12-13,15-20,22H,11,14,21,23H2,(H,35,36). The molecule has 0 atom stereocenters. The maximum absolute atomic E-state index is 11.1. The average molecular weight is 473 g/mol. The zero-order valence-electron chi connectivity index (χ0n) is 20.0. The van der Waals surface area contributed by atoms with Gasteiger partial charge in [-0.05, 0) is 29.5 Å². The van der Waals surface area contributed by atoms with Crippen LogP contribution in [0, 0.1) is 0 Å². The molecule has 0 saturated carbocycles. The van der Waals surface area contributed by atoms with Crippen molar-refractivity contribution in [3.05, 3.63) is 126 Å². The third-order valence-electron chi connectivity index (χ3n) is 6.29. The van der Waals surface area contributed by atoms with E-state index in [0.717, 1.165) is 64.2 Å². The summed E-state index contributed by atoms with van der Waals surface area (Å²) in [5, 5.41) is 14.3. The van der Waals surface area contributed by atoms with Gasteiger partial charge < -0.3 is 5.11 Å². The van der Waals surface area contributed by atoms with Gasteiger partial charge in [0.1, 0.15) is 5.69 Å². The van der Waals surface area contributed by atoms with Crippen molar-refractivity contribution >= 4 is 5.97 Å². The van der Waals surface area contributed by atoms with Gasteiger partial charge in [-0.15, -0.1) is 0 Å². The first-order valence-corrected chi connectivity index (χ1v) is 12.3. The Balaban J connectivity index is 1.53. The maximum Gasteiger partial charge on any atom is 0.307 e. The minimum atomic E-state index is -0.807. The number of nitrogens with zero attached hydrogens (tertiary/aromatic N) is 2. The molecule has 4 heteroatoms. The minimum absolute atomic E-state index is 0.0476. The fourth-order valence-corrected chi connectivity index (χ4v) is 4.69. The van der Waals surface area contributed by atoms with Crippen molar-refractivity contribution in [2.24, 2.45) is 0 Å². The summed E-state index contributed by atoms with van der Waals surface area (Å²) in [6.45, 7) is 0.750. The molecule has 0 aliphatic rings. The highest BCUT2D eigenvalue weighted by Crippen LogP contribution is 2.40. The molecule has 178 valence electrons. The summed E-state index contributed by atoms with van der Waals surface area (Å²) in [6, 6.07) is 39.2. The van der Waals surface area contributed by atoms with Crippen LogP contribution in [0.3, 0.4) is 0 Å². The Morgan fingerprint density at radius 2 is 1.28 bits per heavy atom. The average Bonchev–Trinajstić information content (AvgIpc) is 3.29. The molecule has 5 aromatic rings. The Morgan fingerprint density at radius 1 is 0.694 bits per heavy atom. The van der Waals surface area contributed by atoms with Crippen molar-refractivity contribution in [1.82, 2.24) is 9.78 Å².